The van der Waals surface area contributed by atoms with Crippen LogP contribution in [0.15, 0.2) is 0 Å². The SMILES string of the molecule is C[C@@H]1C[C@H](C)OP(C)O1. The summed E-state index contributed by atoms with van der Waals surface area (Å²) in [6, 6.07) is 0. The van der Waals surface area contributed by atoms with Crippen LogP contribution in [-0.2, 0) is 9.05 Å². The summed E-state index contributed by atoms with van der Waals surface area (Å²) in [6.45, 7) is 6.19. The van der Waals surface area contributed by atoms with Crippen LogP contribution in [0.4, 0.5) is 0 Å². The van der Waals surface area contributed by atoms with Gasteiger partial charge >= 0.3 is 0 Å². The molecule has 0 aromatic heterocycles. The Kier molecular flexibility index (Phi) is 2.45. The standard InChI is InChI=1S/C6H13O2P/c1-5-4-6(2)8-9(3)7-5/h5-6H,4H2,1-3H3/t5-,6+,9?. The average Bonchev–Trinajstić information content (AvgIpc) is 1.59. The summed E-state index contributed by atoms with van der Waals surface area (Å²) < 4.78 is 10.8. The molecule has 0 aromatic carbocycles. The van der Waals surface area contributed by atoms with E-state index in [2.05, 4.69) is 13.8 Å². The lowest BCUT2D eigenvalue weighted by molar-refractivity contribution is 0.0748. The molecule has 3 atom stereocenters. The lowest BCUT2D eigenvalue weighted by atomic mass is 10.2. The zero-order valence-electron chi connectivity index (χ0n) is 6.13. The molecule has 1 aliphatic rings. The minimum Gasteiger partial charge on any atom is -0.331 e. The summed E-state index contributed by atoms with van der Waals surface area (Å²) in [5, 5.41) is 0. The third-order valence-corrected chi connectivity index (χ3v) is 2.63. The fourth-order valence-corrected chi connectivity index (χ4v) is 2.32. The minimum absolute atomic E-state index is 0.393. The largest absolute Gasteiger partial charge is 0.331 e. The molecule has 1 fully saturated rings. The van der Waals surface area contributed by atoms with Gasteiger partial charge in [0.2, 0.25) is 0 Å². The maximum absolute atomic E-state index is 5.40. The van der Waals surface area contributed by atoms with Crippen molar-refractivity contribution in [3.05, 3.63) is 0 Å². The quantitative estimate of drug-likeness (QED) is 0.490. The maximum Gasteiger partial charge on any atom is 0.167 e. The topological polar surface area (TPSA) is 18.5 Å². The van der Waals surface area contributed by atoms with Gasteiger partial charge in [0.1, 0.15) is 0 Å². The van der Waals surface area contributed by atoms with E-state index in [1.165, 1.54) is 0 Å². The highest BCUT2D eigenvalue weighted by Crippen LogP contribution is 2.42. The summed E-state index contributed by atoms with van der Waals surface area (Å²) >= 11 is 0. The van der Waals surface area contributed by atoms with E-state index < -0.39 is 8.38 Å². The van der Waals surface area contributed by atoms with E-state index >= 15 is 0 Å². The molecular formula is C6H13O2P. The van der Waals surface area contributed by atoms with Crippen molar-refractivity contribution in [2.24, 2.45) is 0 Å². The number of rotatable bonds is 0. The highest BCUT2D eigenvalue weighted by atomic mass is 31.2. The minimum atomic E-state index is -0.570. The van der Waals surface area contributed by atoms with Crippen molar-refractivity contribution in [1.29, 1.82) is 0 Å². The van der Waals surface area contributed by atoms with Crippen LogP contribution in [0, 0.1) is 0 Å². The van der Waals surface area contributed by atoms with Crippen LogP contribution in [-0.4, -0.2) is 18.9 Å². The molecule has 0 radical (unpaired) electrons. The van der Waals surface area contributed by atoms with Crippen molar-refractivity contribution in [3.8, 4) is 0 Å². The van der Waals surface area contributed by atoms with Crippen molar-refractivity contribution in [2.45, 2.75) is 32.5 Å². The first kappa shape index (κ1) is 7.46. The number of hydrogen-bond acceptors (Lipinski definition) is 2. The van der Waals surface area contributed by atoms with Crippen molar-refractivity contribution < 1.29 is 9.05 Å². The van der Waals surface area contributed by atoms with Gasteiger partial charge in [0.25, 0.3) is 0 Å². The Labute approximate surface area is 57.5 Å². The molecule has 0 N–H and O–H groups in total. The fourth-order valence-electron chi connectivity index (χ4n) is 1.09. The Morgan fingerprint density at radius 3 is 2.00 bits per heavy atom. The first-order valence-electron chi connectivity index (χ1n) is 3.25. The van der Waals surface area contributed by atoms with Gasteiger partial charge in [-0.05, 0) is 13.8 Å². The Hall–Kier alpha value is 0.350. The van der Waals surface area contributed by atoms with Crippen LogP contribution in [0.1, 0.15) is 20.3 Å². The molecule has 9 heavy (non-hydrogen) atoms. The van der Waals surface area contributed by atoms with E-state index in [0.717, 1.165) is 6.42 Å². The van der Waals surface area contributed by atoms with E-state index in [1.807, 2.05) is 6.66 Å². The van der Waals surface area contributed by atoms with Crippen LogP contribution in [0.3, 0.4) is 0 Å². The van der Waals surface area contributed by atoms with Crippen molar-refractivity contribution in [1.82, 2.24) is 0 Å². The predicted octanol–water partition coefficient (Wildman–Crippen LogP) is 2.14. The smallest absolute Gasteiger partial charge is 0.167 e. The Bertz CT molecular complexity index is 72.0. The monoisotopic (exact) mass is 148 g/mol. The fraction of sp³-hybridized carbons (Fsp3) is 1.00. The van der Waals surface area contributed by atoms with Crippen LogP contribution in [0.2, 0.25) is 0 Å². The van der Waals surface area contributed by atoms with Crippen LogP contribution < -0.4 is 0 Å². The van der Waals surface area contributed by atoms with Crippen molar-refractivity contribution >= 4 is 8.38 Å². The number of hydrogen-bond donors (Lipinski definition) is 0. The summed E-state index contributed by atoms with van der Waals surface area (Å²) in [7, 11) is -0.570. The maximum atomic E-state index is 5.40. The molecule has 0 spiro atoms. The van der Waals surface area contributed by atoms with Gasteiger partial charge in [-0.15, -0.1) is 0 Å². The summed E-state index contributed by atoms with van der Waals surface area (Å²) in [4.78, 5) is 0. The van der Waals surface area contributed by atoms with Crippen LogP contribution in [0.25, 0.3) is 0 Å². The summed E-state index contributed by atoms with van der Waals surface area (Å²) in [6.07, 6.45) is 1.82. The lowest BCUT2D eigenvalue weighted by Crippen LogP contribution is -2.21. The van der Waals surface area contributed by atoms with E-state index in [9.17, 15) is 0 Å². The predicted molar refractivity (Wildman–Crippen MR) is 38.6 cm³/mol. The van der Waals surface area contributed by atoms with Crippen LogP contribution in [0.5, 0.6) is 0 Å². The van der Waals surface area contributed by atoms with Gasteiger partial charge in [0, 0.05) is 13.1 Å². The van der Waals surface area contributed by atoms with Gasteiger partial charge in [-0.1, -0.05) is 0 Å². The molecule has 1 saturated heterocycles. The van der Waals surface area contributed by atoms with E-state index in [0.29, 0.717) is 12.2 Å². The molecule has 1 rings (SSSR count). The van der Waals surface area contributed by atoms with E-state index in [-0.39, 0.29) is 0 Å². The molecule has 1 aliphatic heterocycles. The molecule has 54 valence electrons. The van der Waals surface area contributed by atoms with E-state index in [4.69, 9.17) is 9.05 Å². The molecule has 0 aliphatic carbocycles. The molecule has 3 heteroatoms. The van der Waals surface area contributed by atoms with Gasteiger partial charge in [-0.2, -0.15) is 0 Å². The molecule has 0 saturated carbocycles. The molecule has 1 heterocycles. The average molecular weight is 148 g/mol. The zero-order chi connectivity index (χ0) is 6.85. The van der Waals surface area contributed by atoms with Gasteiger partial charge in [-0.3, -0.25) is 0 Å². The van der Waals surface area contributed by atoms with Crippen molar-refractivity contribution in [3.63, 3.8) is 0 Å². The molecule has 1 unspecified atom stereocenters. The summed E-state index contributed by atoms with van der Waals surface area (Å²) in [5.74, 6) is 0. The Balaban J connectivity index is 2.34. The van der Waals surface area contributed by atoms with Crippen molar-refractivity contribution in [2.75, 3.05) is 6.66 Å². The Morgan fingerprint density at radius 2 is 1.67 bits per heavy atom. The molecule has 0 aromatic rings. The third-order valence-electron chi connectivity index (χ3n) is 1.32. The molecule has 2 nitrogen and oxygen atoms in total. The first-order chi connectivity index (χ1) is 4.18. The van der Waals surface area contributed by atoms with Crippen LogP contribution >= 0.6 is 8.38 Å². The second kappa shape index (κ2) is 2.96. The van der Waals surface area contributed by atoms with Gasteiger partial charge in [-0.25, -0.2) is 0 Å². The van der Waals surface area contributed by atoms with E-state index in [1.54, 1.807) is 0 Å². The summed E-state index contributed by atoms with van der Waals surface area (Å²) in [5.41, 5.74) is 0. The Morgan fingerprint density at radius 1 is 1.22 bits per heavy atom. The van der Waals surface area contributed by atoms with Gasteiger partial charge in [0.05, 0.1) is 12.2 Å². The zero-order valence-corrected chi connectivity index (χ0v) is 7.02. The third kappa shape index (κ3) is 2.21. The normalized spacial score (nSPS) is 45.0. The highest BCUT2D eigenvalue weighted by Gasteiger charge is 2.21. The highest BCUT2D eigenvalue weighted by molar-refractivity contribution is 7.46. The lowest BCUT2D eigenvalue weighted by Gasteiger charge is -2.29. The molecule has 0 amide bonds. The second-order valence-electron chi connectivity index (χ2n) is 2.51. The van der Waals surface area contributed by atoms with Gasteiger partial charge in [0.15, 0.2) is 8.38 Å². The first-order valence-corrected chi connectivity index (χ1v) is 4.88. The molecular weight excluding hydrogens is 135 g/mol. The molecule has 0 bridgehead atoms. The van der Waals surface area contributed by atoms with Gasteiger partial charge < -0.3 is 9.05 Å². The second-order valence-corrected chi connectivity index (χ2v) is 3.81.